The molecule has 1 heterocycles. The molecule has 1 atom stereocenters. The summed E-state index contributed by atoms with van der Waals surface area (Å²) in [6.45, 7) is 4.08. The minimum absolute atomic E-state index is 0.107. The summed E-state index contributed by atoms with van der Waals surface area (Å²) >= 11 is 0. The monoisotopic (exact) mass is 223 g/mol. The molecule has 0 aromatic heterocycles. The normalized spacial score (nSPS) is 25.7. The Labute approximate surface area is 93.9 Å². The molecule has 2 aliphatic rings. The number of nitrogens with zero attached hydrogens (tertiary/aromatic N) is 1. The molecule has 2 rings (SSSR count). The number of hydrogen-bond acceptors (Lipinski definition) is 2. The molecule has 1 aliphatic heterocycles. The zero-order valence-electron chi connectivity index (χ0n) is 9.37. The average molecular weight is 223 g/mol. The quantitative estimate of drug-likeness (QED) is 0.684. The van der Waals surface area contributed by atoms with E-state index in [1.54, 1.807) is 25.2 Å². The van der Waals surface area contributed by atoms with Crippen molar-refractivity contribution in [3.63, 3.8) is 0 Å². The molecule has 16 heavy (non-hydrogen) atoms. The molecule has 0 spiro atoms. The molecule has 0 saturated carbocycles. The fourth-order valence-electron chi connectivity index (χ4n) is 1.74. The van der Waals surface area contributed by atoms with E-state index in [0.717, 1.165) is 0 Å². The lowest BCUT2D eigenvalue weighted by atomic mass is 10.2. The zero-order valence-corrected chi connectivity index (χ0v) is 9.37. The van der Waals surface area contributed by atoms with Gasteiger partial charge in [0.25, 0.3) is 0 Å². The van der Waals surface area contributed by atoms with Crippen molar-refractivity contribution in [1.29, 1.82) is 0 Å². The topological polar surface area (TPSA) is 29.5 Å². The Hall–Kier alpha value is -1.58. The molecule has 86 valence electrons. The summed E-state index contributed by atoms with van der Waals surface area (Å²) < 4.78 is 18.3. The first kappa shape index (κ1) is 10.9. The predicted molar refractivity (Wildman–Crippen MR) is 58.3 cm³/mol. The molecule has 1 amide bonds. The van der Waals surface area contributed by atoms with E-state index in [1.165, 1.54) is 4.90 Å². The van der Waals surface area contributed by atoms with Gasteiger partial charge in [0.1, 0.15) is 11.9 Å². The minimum Gasteiger partial charge on any atom is -0.444 e. The Morgan fingerprint density at radius 2 is 2.25 bits per heavy atom. The molecular formula is C12H14FNO2. The van der Waals surface area contributed by atoms with Gasteiger partial charge in [-0.2, -0.15) is 0 Å². The van der Waals surface area contributed by atoms with Gasteiger partial charge < -0.3 is 4.74 Å². The highest BCUT2D eigenvalue weighted by Gasteiger charge is 2.30. The van der Waals surface area contributed by atoms with Crippen molar-refractivity contribution in [2.24, 2.45) is 0 Å². The first-order valence-electron chi connectivity index (χ1n) is 5.29. The Bertz CT molecular complexity index is 409. The van der Waals surface area contributed by atoms with Crippen LogP contribution in [0.25, 0.3) is 0 Å². The largest absolute Gasteiger partial charge is 0.444 e. The summed E-state index contributed by atoms with van der Waals surface area (Å²) in [4.78, 5) is 13.0. The van der Waals surface area contributed by atoms with Crippen LogP contribution in [0.2, 0.25) is 0 Å². The van der Waals surface area contributed by atoms with E-state index < -0.39 is 0 Å². The molecule has 1 aliphatic carbocycles. The lowest BCUT2D eigenvalue weighted by Gasteiger charge is -2.13. The number of carbonyl (C=O) groups is 1. The van der Waals surface area contributed by atoms with Gasteiger partial charge >= 0.3 is 6.09 Å². The van der Waals surface area contributed by atoms with Crippen LogP contribution in [-0.4, -0.2) is 23.6 Å². The maximum atomic E-state index is 13.3. The second-order valence-corrected chi connectivity index (χ2v) is 4.06. The third kappa shape index (κ3) is 2.01. The third-order valence-corrected chi connectivity index (χ3v) is 2.70. The maximum absolute atomic E-state index is 13.3. The third-order valence-electron chi connectivity index (χ3n) is 2.70. The van der Waals surface area contributed by atoms with Gasteiger partial charge in [-0.15, -0.1) is 0 Å². The summed E-state index contributed by atoms with van der Waals surface area (Å²) in [5.41, 5.74) is 1.31. The van der Waals surface area contributed by atoms with Crippen molar-refractivity contribution < 1.29 is 13.9 Å². The first-order chi connectivity index (χ1) is 7.58. The Kier molecular flexibility index (Phi) is 2.81. The van der Waals surface area contributed by atoms with E-state index in [-0.39, 0.29) is 24.4 Å². The lowest BCUT2D eigenvalue weighted by molar-refractivity contribution is 0.141. The number of amides is 1. The van der Waals surface area contributed by atoms with Gasteiger partial charge in [-0.1, -0.05) is 12.2 Å². The van der Waals surface area contributed by atoms with E-state index in [0.29, 0.717) is 17.8 Å². The standard InChI is InChI=1S/C12H14FNO2/c1-8-3-4-10(5-6-11(8)13)14-7-9(2)16-12(14)15/h3-5,9H,6-7H2,1-2H3. The van der Waals surface area contributed by atoms with Crippen molar-refractivity contribution in [1.82, 2.24) is 4.90 Å². The van der Waals surface area contributed by atoms with E-state index >= 15 is 0 Å². The second-order valence-electron chi connectivity index (χ2n) is 4.06. The van der Waals surface area contributed by atoms with Crippen LogP contribution in [0.5, 0.6) is 0 Å². The van der Waals surface area contributed by atoms with Crippen LogP contribution in [-0.2, 0) is 4.74 Å². The molecule has 1 unspecified atom stereocenters. The van der Waals surface area contributed by atoms with Gasteiger partial charge in [0.2, 0.25) is 0 Å². The van der Waals surface area contributed by atoms with Crippen LogP contribution in [0.4, 0.5) is 9.18 Å². The van der Waals surface area contributed by atoms with E-state index in [1.807, 2.05) is 6.92 Å². The van der Waals surface area contributed by atoms with E-state index in [2.05, 4.69) is 0 Å². The molecule has 4 heteroatoms. The van der Waals surface area contributed by atoms with Crippen molar-refractivity contribution in [2.75, 3.05) is 6.54 Å². The summed E-state index contributed by atoms with van der Waals surface area (Å²) in [6.07, 6.45) is 4.91. The van der Waals surface area contributed by atoms with Gasteiger partial charge in [-0.05, 0) is 25.5 Å². The highest BCUT2D eigenvalue weighted by Crippen LogP contribution is 2.23. The fourth-order valence-corrected chi connectivity index (χ4v) is 1.74. The Morgan fingerprint density at radius 3 is 2.88 bits per heavy atom. The van der Waals surface area contributed by atoms with E-state index in [9.17, 15) is 9.18 Å². The van der Waals surface area contributed by atoms with Crippen LogP contribution < -0.4 is 0 Å². The van der Waals surface area contributed by atoms with Crippen LogP contribution in [0.3, 0.4) is 0 Å². The number of rotatable bonds is 1. The number of halogens is 1. The highest BCUT2D eigenvalue weighted by molar-refractivity contribution is 5.73. The smallest absolute Gasteiger partial charge is 0.414 e. The Morgan fingerprint density at radius 1 is 1.50 bits per heavy atom. The van der Waals surface area contributed by atoms with Crippen molar-refractivity contribution in [3.8, 4) is 0 Å². The molecular weight excluding hydrogens is 209 g/mol. The molecule has 1 fully saturated rings. The predicted octanol–water partition coefficient (Wildman–Crippen LogP) is 2.91. The molecule has 0 aromatic carbocycles. The summed E-state index contributed by atoms with van der Waals surface area (Å²) in [5.74, 6) is -0.160. The van der Waals surface area contributed by atoms with Crippen LogP contribution in [0.15, 0.2) is 35.3 Å². The van der Waals surface area contributed by atoms with Gasteiger partial charge in [0.05, 0.1) is 6.54 Å². The van der Waals surface area contributed by atoms with Gasteiger partial charge in [-0.3, -0.25) is 4.90 Å². The zero-order chi connectivity index (χ0) is 11.7. The first-order valence-corrected chi connectivity index (χ1v) is 5.29. The highest BCUT2D eigenvalue weighted by atomic mass is 19.1. The summed E-state index contributed by atoms with van der Waals surface area (Å²) in [7, 11) is 0. The van der Waals surface area contributed by atoms with Crippen molar-refractivity contribution >= 4 is 6.09 Å². The second kappa shape index (κ2) is 4.12. The number of allylic oxidation sites excluding steroid dienone is 5. The number of ether oxygens (including phenoxy) is 1. The van der Waals surface area contributed by atoms with Crippen molar-refractivity contribution in [3.05, 3.63) is 35.3 Å². The molecule has 0 bridgehead atoms. The Balaban J connectivity index is 2.19. The summed E-state index contributed by atoms with van der Waals surface area (Å²) in [6, 6.07) is 0. The number of carbonyl (C=O) groups excluding carboxylic acids is 1. The SMILES string of the molecule is CC1=C(F)CC=C(N2CC(C)OC2=O)C=C1. The van der Waals surface area contributed by atoms with Crippen LogP contribution in [0.1, 0.15) is 20.3 Å². The minimum atomic E-state index is -0.358. The summed E-state index contributed by atoms with van der Waals surface area (Å²) in [5, 5.41) is 0. The van der Waals surface area contributed by atoms with Crippen molar-refractivity contribution in [2.45, 2.75) is 26.4 Å². The van der Waals surface area contributed by atoms with E-state index in [4.69, 9.17) is 4.74 Å². The van der Waals surface area contributed by atoms with Gasteiger partial charge in [-0.25, -0.2) is 9.18 Å². The lowest BCUT2D eigenvalue weighted by Crippen LogP contribution is -2.23. The molecule has 1 saturated heterocycles. The maximum Gasteiger partial charge on any atom is 0.414 e. The van der Waals surface area contributed by atoms with Gasteiger partial charge in [0.15, 0.2) is 0 Å². The molecule has 0 N–H and O–H groups in total. The number of hydrogen-bond donors (Lipinski definition) is 0. The molecule has 3 nitrogen and oxygen atoms in total. The average Bonchev–Trinajstić information content (AvgIpc) is 2.47. The molecule has 0 aromatic rings. The molecule has 0 radical (unpaired) electrons. The van der Waals surface area contributed by atoms with Crippen LogP contribution in [0, 0.1) is 0 Å². The van der Waals surface area contributed by atoms with Gasteiger partial charge in [0, 0.05) is 12.1 Å². The van der Waals surface area contributed by atoms with Crippen LogP contribution >= 0.6 is 0 Å². The fraction of sp³-hybridized carbons (Fsp3) is 0.417. The number of cyclic esters (lactones) is 1.